The smallest absolute Gasteiger partial charge is 0.191 e. The first-order valence-corrected chi connectivity index (χ1v) is 11.2. The summed E-state index contributed by atoms with van der Waals surface area (Å²) in [7, 11) is 1.68. The van der Waals surface area contributed by atoms with Gasteiger partial charge in [-0.25, -0.2) is 0 Å². The maximum atomic E-state index is 5.89. The summed E-state index contributed by atoms with van der Waals surface area (Å²) in [5.41, 5.74) is 2.36. The van der Waals surface area contributed by atoms with E-state index in [1.54, 1.807) is 18.9 Å². The molecule has 0 spiro atoms. The first kappa shape index (κ1) is 20.0. The van der Waals surface area contributed by atoms with E-state index in [-0.39, 0.29) is 0 Å². The molecule has 1 atom stereocenters. The third kappa shape index (κ3) is 5.19. The molecule has 152 valence electrons. The Morgan fingerprint density at radius 1 is 1.07 bits per heavy atom. The Morgan fingerprint density at radius 2 is 1.90 bits per heavy atom. The van der Waals surface area contributed by atoms with Gasteiger partial charge >= 0.3 is 0 Å². The second-order valence-corrected chi connectivity index (χ2v) is 8.21. The summed E-state index contributed by atoms with van der Waals surface area (Å²) in [6.07, 6.45) is 4.82. The van der Waals surface area contributed by atoms with Crippen molar-refractivity contribution in [3.8, 4) is 17.1 Å². The van der Waals surface area contributed by atoms with Crippen LogP contribution in [0.2, 0.25) is 0 Å². The molecule has 5 nitrogen and oxygen atoms in total. The average molecular weight is 410 g/mol. The Morgan fingerprint density at radius 3 is 2.62 bits per heavy atom. The first-order valence-electron chi connectivity index (χ1n) is 10.2. The third-order valence-electron chi connectivity index (χ3n) is 5.20. The van der Waals surface area contributed by atoms with Gasteiger partial charge in [-0.05, 0) is 55.5 Å². The van der Waals surface area contributed by atoms with Crippen molar-refractivity contribution in [1.29, 1.82) is 0 Å². The number of aromatic nitrogens is 3. The van der Waals surface area contributed by atoms with Gasteiger partial charge in [0.2, 0.25) is 0 Å². The molecule has 0 N–H and O–H groups in total. The number of ether oxygens (including phenoxy) is 2. The summed E-state index contributed by atoms with van der Waals surface area (Å²) in [5, 5.41) is 10.0. The van der Waals surface area contributed by atoms with Crippen LogP contribution in [0.1, 0.15) is 24.8 Å². The maximum absolute atomic E-state index is 5.89. The number of methoxy groups -OCH3 is 1. The molecule has 1 aromatic heterocycles. The van der Waals surface area contributed by atoms with Crippen LogP contribution in [0, 0.1) is 0 Å². The number of aryl methyl sites for hydroxylation is 1. The Hall–Kier alpha value is -2.31. The molecule has 0 radical (unpaired) electrons. The lowest BCUT2D eigenvalue weighted by atomic mass is 10.1. The average Bonchev–Trinajstić information content (AvgIpc) is 3.20. The van der Waals surface area contributed by atoms with Crippen LogP contribution in [0.15, 0.2) is 59.8 Å². The lowest BCUT2D eigenvalue weighted by molar-refractivity contribution is 0.0315. The number of nitrogens with zero attached hydrogens (tertiary/aromatic N) is 3. The van der Waals surface area contributed by atoms with Crippen LogP contribution < -0.4 is 4.74 Å². The fourth-order valence-electron chi connectivity index (χ4n) is 3.54. The first-order chi connectivity index (χ1) is 14.3. The third-order valence-corrected chi connectivity index (χ3v) is 6.30. The zero-order valence-electron chi connectivity index (χ0n) is 16.8. The Balaban J connectivity index is 1.54. The van der Waals surface area contributed by atoms with Crippen LogP contribution in [0.4, 0.5) is 0 Å². The molecule has 0 bridgehead atoms. The van der Waals surface area contributed by atoms with Crippen molar-refractivity contribution in [2.75, 3.05) is 19.5 Å². The van der Waals surface area contributed by atoms with E-state index in [1.165, 1.54) is 18.4 Å². The molecule has 0 saturated carbocycles. The molecule has 6 heteroatoms. The minimum atomic E-state index is 0.317. The molecule has 1 aliphatic rings. The molecular weight excluding hydrogens is 382 g/mol. The zero-order chi connectivity index (χ0) is 19.9. The maximum Gasteiger partial charge on any atom is 0.191 e. The second-order valence-electron chi connectivity index (χ2n) is 7.22. The highest BCUT2D eigenvalue weighted by molar-refractivity contribution is 7.99. The number of hydrogen-bond donors (Lipinski definition) is 0. The van der Waals surface area contributed by atoms with Crippen LogP contribution >= 0.6 is 11.8 Å². The quantitative estimate of drug-likeness (QED) is 0.498. The number of benzene rings is 2. The summed E-state index contributed by atoms with van der Waals surface area (Å²) < 4.78 is 13.4. The van der Waals surface area contributed by atoms with E-state index in [9.17, 15) is 0 Å². The van der Waals surface area contributed by atoms with E-state index in [4.69, 9.17) is 9.47 Å². The summed E-state index contributed by atoms with van der Waals surface area (Å²) in [6, 6.07) is 18.6. The molecule has 29 heavy (non-hydrogen) atoms. The standard InChI is InChI=1S/C23H27N3O2S/c1-27-20-12-10-19(11-13-20)22-24-25-23(29-17-21-9-5-6-16-28-21)26(22)15-14-18-7-3-2-4-8-18/h2-4,7-8,10-13,21H,5-6,9,14-17H2,1H3/t21-/m1/s1. The van der Waals surface area contributed by atoms with Crippen molar-refractivity contribution in [3.05, 3.63) is 60.2 Å². The molecule has 1 aliphatic heterocycles. The SMILES string of the molecule is COc1ccc(-c2nnc(SC[C@H]3CCCCO3)n2CCc2ccccc2)cc1. The van der Waals surface area contributed by atoms with Crippen LogP contribution in [0.3, 0.4) is 0 Å². The van der Waals surface area contributed by atoms with E-state index in [0.717, 1.165) is 54.0 Å². The zero-order valence-corrected chi connectivity index (χ0v) is 17.6. The van der Waals surface area contributed by atoms with Gasteiger partial charge in [0.1, 0.15) is 5.75 Å². The van der Waals surface area contributed by atoms with Gasteiger partial charge in [0.25, 0.3) is 0 Å². The monoisotopic (exact) mass is 409 g/mol. The van der Waals surface area contributed by atoms with Crippen molar-refractivity contribution < 1.29 is 9.47 Å². The van der Waals surface area contributed by atoms with Gasteiger partial charge in [-0.15, -0.1) is 10.2 Å². The predicted octanol–water partition coefficient (Wildman–Crippen LogP) is 4.86. The van der Waals surface area contributed by atoms with Crippen LogP contribution in [0.5, 0.6) is 5.75 Å². The summed E-state index contributed by atoms with van der Waals surface area (Å²) in [4.78, 5) is 0. The lowest BCUT2D eigenvalue weighted by Crippen LogP contribution is -2.21. The van der Waals surface area contributed by atoms with Gasteiger partial charge in [0.05, 0.1) is 13.2 Å². The minimum Gasteiger partial charge on any atom is -0.497 e. The molecule has 3 aromatic rings. The van der Waals surface area contributed by atoms with E-state index in [0.29, 0.717) is 6.10 Å². The minimum absolute atomic E-state index is 0.317. The molecule has 0 unspecified atom stereocenters. The highest BCUT2D eigenvalue weighted by Gasteiger charge is 2.19. The van der Waals surface area contributed by atoms with Crippen LogP contribution in [0.25, 0.3) is 11.4 Å². The fourth-order valence-corrected chi connectivity index (χ4v) is 4.57. The number of rotatable bonds is 8. The molecule has 2 aromatic carbocycles. The fraction of sp³-hybridized carbons (Fsp3) is 0.391. The van der Waals surface area contributed by atoms with Gasteiger partial charge in [-0.1, -0.05) is 42.1 Å². The topological polar surface area (TPSA) is 49.2 Å². The highest BCUT2D eigenvalue weighted by Crippen LogP contribution is 2.28. The molecule has 0 aliphatic carbocycles. The normalized spacial score (nSPS) is 16.7. The van der Waals surface area contributed by atoms with Crippen molar-refractivity contribution in [2.45, 2.75) is 43.5 Å². The van der Waals surface area contributed by atoms with E-state index >= 15 is 0 Å². The van der Waals surface area contributed by atoms with Crippen molar-refractivity contribution >= 4 is 11.8 Å². The molecule has 4 rings (SSSR count). The highest BCUT2D eigenvalue weighted by atomic mass is 32.2. The summed E-state index contributed by atoms with van der Waals surface area (Å²) >= 11 is 1.75. The number of hydrogen-bond acceptors (Lipinski definition) is 5. The molecule has 1 saturated heterocycles. The van der Waals surface area contributed by atoms with Crippen molar-refractivity contribution in [3.63, 3.8) is 0 Å². The molecule has 2 heterocycles. The summed E-state index contributed by atoms with van der Waals surface area (Å²) in [5.74, 6) is 2.66. The van der Waals surface area contributed by atoms with Gasteiger partial charge in [0.15, 0.2) is 11.0 Å². The Kier molecular flexibility index (Phi) is 6.85. The second kappa shape index (κ2) is 9.94. The largest absolute Gasteiger partial charge is 0.497 e. The van der Waals surface area contributed by atoms with Gasteiger partial charge in [-0.3, -0.25) is 0 Å². The van der Waals surface area contributed by atoms with E-state index < -0.39 is 0 Å². The predicted molar refractivity (Wildman–Crippen MR) is 116 cm³/mol. The molecule has 1 fully saturated rings. The Bertz CT molecular complexity index is 890. The van der Waals surface area contributed by atoms with E-state index in [2.05, 4.69) is 45.1 Å². The van der Waals surface area contributed by atoms with Gasteiger partial charge < -0.3 is 14.0 Å². The van der Waals surface area contributed by atoms with Gasteiger partial charge in [0, 0.05) is 24.5 Å². The van der Waals surface area contributed by atoms with Crippen molar-refractivity contribution in [1.82, 2.24) is 14.8 Å². The molecule has 0 amide bonds. The van der Waals surface area contributed by atoms with Gasteiger partial charge in [-0.2, -0.15) is 0 Å². The molecular formula is C23H27N3O2S. The van der Waals surface area contributed by atoms with Crippen LogP contribution in [-0.4, -0.2) is 40.3 Å². The van der Waals surface area contributed by atoms with E-state index in [1.807, 2.05) is 24.3 Å². The van der Waals surface area contributed by atoms with Crippen LogP contribution in [-0.2, 0) is 17.7 Å². The number of thioether (sulfide) groups is 1. The summed E-state index contributed by atoms with van der Waals surface area (Å²) in [6.45, 7) is 1.72. The lowest BCUT2D eigenvalue weighted by Gasteiger charge is -2.22. The van der Waals surface area contributed by atoms with Crippen molar-refractivity contribution in [2.24, 2.45) is 0 Å². The Labute approximate surface area is 176 Å².